The minimum absolute atomic E-state index is 0.0174. The van der Waals surface area contributed by atoms with Crippen LogP contribution >= 0.6 is 34.8 Å². The lowest BCUT2D eigenvalue weighted by Gasteiger charge is -2.32. The molecule has 3 aromatic rings. The zero-order valence-corrected chi connectivity index (χ0v) is 23.5. The second-order valence-corrected chi connectivity index (χ2v) is 11.4. The van der Waals surface area contributed by atoms with Gasteiger partial charge in [0.1, 0.15) is 12.6 Å². The molecule has 0 saturated carbocycles. The highest BCUT2D eigenvalue weighted by molar-refractivity contribution is 7.92. The zero-order valence-electron chi connectivity index (χ0n) is 20.4. The fourth-order valence-electron chi connectivity index (χ4n) is 3.76. The van der Waals surface area contributed by atoms with E-state index in [0.717, 1.165) is 4.31 Å². The number of hydrogen-bond donors (Lipinski definition) is 1. The minimum Gasteiger partial charge on any atom is -0.357 e. The van der Waals surface area contributed by atoms with Crippen LogP contribution in [0.25, 0.3) is 0 Å². The lowest BCUT2D eigenvalue weighted by atomic mass is 10.1. The van der Waals surface area contributed by atoms with E-state index >= 15 is 0 Å². The van der Waals surface area contributed by atoms with Crippen molar-refractivity contribution >= 4 is 62.3 Å². The maximum Gasteiger partial charge on any atom is 0.264 e. The number of aryl methyl sites for hydroxylation is 1. The lowest BCUT2D eigenvalue weighted by Crippen LogP contribution is -2.50. The van der Waals surface area contributed by atoms with Crippen molar-refractivity contribution in [3.63, 3.8) is 0 Å². The molecule has 7 nitrogen and oxygen atoms in total. The summed E-state index contributed by atoms with van der Waals surface area (Å²) < 4.78 is 28.5. The van der Waals surface area contributed by atoms with Crippen LogP contribution in [0.2, 0.25) is 15.1 Å². The van der Waals surface area contributed by atoms with Crippen LogP contribution in [-0.4, -0.2) is 44.8 Å². The Balaban J connectivity index is 2.07. The number of likely N-dealkylation sites (N-methyl/N-ethyl adjacent to an activating group) is 1. The molecule has 0 heterocycles. The van der Waals surface area contributed by atoms with Gasteiger partial charge in [-0.1, -0.05) is 59.1 Å². The number of halogens is 3. The van der Waals surface area contributed by atoms with Crippen LogP contribution in [0.4, 0.5) is 5.69 Å². The molecular formula is C26H26Cl3N3O4S. The van der Waals surface area contributed by atoms with Crippen molar-refractivity contribution in [2.75, 3.05) is 17.9 Å². The molecule has 1 N–H and O–H groups in total. The lowest BCUT2D eigenvalue weighted by molar-refractivity contribution is -0.139. The van der Waals surface area contributed by atoms with E-state index < -0.39 is 34.4 Å². The smallest absolute Gasteiger partial charge is 0.264 e. The van der Waals surface area contributed by atoms with Crippen molar-refractivity contribution in [3.05, 3.63) is 92.9 Å². The predicted molar refractivity (Wildman–Crippen MR) is 148 cm³/mol. The molecule has 11 heteroatoms. The molecule has 3 rings (SSSR count). The van der Waals surface area contributed by atoms with Crippen LogP contribution in [-0.2, 0) is 26.2 Å². The third-order valence-electron chi connectivity index (χ3n) is 5.81. The Morgan fingerprint density at radius 3 is 2.16 bits per heavy atom. The summed E-state index contributed by atoms with van der Waals surface area (Å²) in [5.41, 5.74) is 1.40. The first kappa shape index (κ1) is 28.8. The Labute approximate surface area is 232 Å². The van der Waals surface area contributed by atoms with Crippen molar-refractivity contribution < 1.29 is 18.0 Å². The summed E-state index contributed by atoms with van der Waals surface area (Å²) >= 11 is 18.5. The molecule has 37 heavy (non-hydrogen) atoms. The van der Waals surface area contributed by atoms with Gasteiger partial charge >= 0.3 is 0 Å². The van der Waals surface area contributed by atoms with Crippen molar-refractivity contribution in [2.45, 2.75) is 31.3 Å². The third kappa shape index (κ3) is 6.76. The fraction of sp³-hybridized carbons (Fsp3) is 0.231. The molecular weight excluding hydrogens is 557 g/mol. The van der Waals surface area contributed by atoms with Gasteiger partial charge in [0, 0.05) is 28.7 Å². The van der Waals surface area contributed by atoms with Gasteiger partial charge in [-0.15, -0.1) is 0 Å². The Morgan fingerprint density at radius 2 is 1.57 bits per heavy atom. The van der Waals surface area contributed by atoms with E-state index in [0.29, 0.717) is 31.9 Å². The number of nitrogens with zero attached hydrogens (tertiary/aromatic N) is 2. The summed E-state index contributed by atoms with van der Waals surface area (Å²) in [5.74, 6) is -1.02. The topological polar surface area (TPSA) is 86.8 Å². The van der Waals surface area contributed by atoms with Crippen LogP contribution < -0.4 is 9.62 Å². The molecule has 0 aromatic heterocycles. The van der Waals surface area contributed by atoms with E-state index in [1.165, 1.54) is 30.1 Å². The summed E-state index contributed by atoms with van der Waals surface area (Å²) in [7, 11) is -2.70. The minimum atomic E-state index is -4.16. The first-order valence-electron chi connectivity index (χ1n) is 11.2. The standard InChI is InChI=1S/C26H26Cl3N3O4S/c1-17-13-20(27)11-12-24(17)32(37(35,36)22-7-5-4-6-8-22)16-25(33)31(18(2)26(34)30-3)15-19-9-10-21(28)14-23(19)29/h4-14,18H,15-16H2,1-3H3,(H,30,34)/t18-/m1/s1. The van der Waals surface area contributed by atoms with E-state index in [-0.39, 0.29) is 11.4 Å². The maximum absolute atomic E-state index is 13.8. The number of sulfonamides is 1. The number of anilines is 1. The first-order valence-corrected chi connectivity index (χ1v) is 13.8. The molecule has 0 bridgehead atoms. The van der Waals surface area contributed by atoms with E-state index in [4.69, 9.17) is 34.8 Å². The SMILES string of the molecule is CNC(=O)[C@@H](C)N(Cc1ccc(Cl)cc1Cl)C(=O)CN(c1ccc(Cl)cc1C)S(=O)(=O)c1ccccc1. The Bertz CT molecular complexity index is 1400. The molecule has 0 aliphatic heterocycles. The molecule has 0 aliphatic rings. The number of carbonyl (C=O) groups is 2. The molecule has 0 saturated heterocycles. The Hall–Kier alpha value is -2.78. The molecule has 2 amide bonds. The Morgan fingerprint density at radius 1 is 0.946 bits per heavy atom. The molecule has 0 spiro atoms. The number of rotatable bonds is 9. The number of benzene rings is 3. The van der Waals surface area contributed by atoms with Crippen LogP contribution in [0.5, 0.6) is 0 Å². The van der Waals surface area contributed by atoms with Gasteiger partial charge in [-0.25, -0.2) is 8.42 Å². The van der Waals surface area contributed by atoms with Gasteiger partial charge in [-0.2, -0.15) is 0 Å². The van der Waals surface area contributed by atoms with Crippen LogP contribution in [0.3, 0.4) is 0 Å². The Kier molecular flexibility index (Phi) is 9.47. The third-order valence-corrected chi connectivity index (χ3v) is 8.40. The largest absolute Gasteiger partial charge is 0.357 e. The second-order valence-electron chi connectivity index (χ2n) is 8.30. The van der Waals surface area contributed by atoms with Gasteiger partial charge in [0.05, 0.1) is 10.6 Å². The predicted octanol–water partition coefficient (Wildman–Crippen LogP) is 5.31. The number of carbonyl (C=O) groups excluding carboxylic acids is 2. The average molecular weight is 583 g/mol. The number of nitrogens with one attached hydrogen (secondary N) is 1. The van der Waals surface area contributed by atoms with E-state index in [1.807, 2.05) is 0 Å². The zero-order chi connectivity index (χ0) is 27.3. The van der Waals surface area contributed by atoms with Gasteiger partial charge in [-0.05, 0) is 67.4 Å². The molecule has 3 aromatic carbocycles. The van der Waals surface area contributed by atoms with Gasteiger partial charge in [-0.3, -0.25) is 13.9 Å². The van der Waals surface area contributed by atoms with E-state index in [2.05, 4.69) is 5.32 Å². The summed E-state index contributed by atoms with van der Waals surface area (Å²) in [5, 5.41) is 3.70. The van der Waals surface area contributed by atoms with Crippen molar-refractivity contribution in [3.8, 4) is 0 Å². The summed E-state index contributed by atoms with van der Waals surface area (Å²) in [4.78, 5) is 27.6. The van der Waals surface area contributed by atoms with E-state index in [1.54, 1.807) is 62.4 Å². The maximum atomic E-state index is 13.8. The highest BCUT2D eigenvalue weighted by Crippen LogP contribution is 2.30. The molecule has 0 aliphatic carbocycles. The summed E-state index contributed by atoms with van der Waals surface area (Å²) in [6.07, 6.45) is 0. The van der Waals surface area contributed by atoms with Crippen molar-refractivity contribution in [1.29, 1.82) is 0 Å². The first-order chi connectivity index (χ1) is 17.4. The highest BCUT2D eigenvalue weighted by Gasteiger charge is 2.33. The van der Waals surface area contributed by atoms with Gasteiger partial charge < -0.3 is 10.2 Å². The molecule has 1 atom stereocenters. The fourth-order valence-corrected chi connectivity index (χ4v) is 5.95. The number of amides is 2. The number of hydrogen-bond acceptors (Lipinski definition) is 4. The molecule has 196 valence electrons. The molecule has 0 radical (unpaired) electrons. The monoisotopic (exact) mass is 581 g/mol. The van der Waals surface area contributed by atoms with Crippen LogP contribution in [0.1, 0.15) is 18.1 Å². The van der Waals surface area contributed by atoms with Crippen molar-refractivity contribution in [1.82, 2.24) is 10.2 Å². The average Bonchev–Trinajstić information content (AvgIpc) is 2.86. The van der Waals surface area contributed by atoms with Crippen LogP contribution in [0, 0.1) is 6.92 Å². The summed E-state index contributed by atoms with van der Waals surface area (Å²) in [6.45, 7) is 2.66. The summed E-state index contributed by atoms with van der Waals surface area (Å²) in [6, 6.07) is 16.4. The second kappa shape index (κ2) is 12.2. The van der Waals surface area contributed by atoms with Gasteiger partial charge in [0.2, 0.25) is 11.8 Å². The van der Waals surface area contributed by atoms with E-state index in [9.17, 15) is 18.0 Å². The normalized spacial score (nSPS) is 12.1. The molecule has 0 fully saturated rings. The van der Waals surface area contributed by atoms with Crippen molar-refractivity contribution in [2.24, 2.45) is 0 Å². The van der Waals surface area contributed by atoms with Crippen LogP contribution in [0.15, 0.2) is 71.6 Å². The highest BCUT2D eigenvalue weighted by atomic mass is 35.5. The quantitative estimate of drug-likeness (QED) is 0.370. The molecule has 0 unspecified atom stereocenters. The van der Waals surface area contributed by atoms with Gasteiger partial charge in [0.25, 0.3) is 10.0 Å². The van der Waals surface area contributed by atoms with Gasteiger partial charge in [0.15, 0.2) is 0 Å².